The molecule has 0 radical (unpaired) electrons. The first-order valence-corrected chi connectivity index (χ1v) is 7.44. The summed E-state index contributed by atoms with van der Waals surface area (Å²) < 4.78 is 5.18. The Balaban J connectivity index is 2.15. The maximum Gasteiger partial charge on any atom is 0.118 e. The third-order valence-electron chi connectivity index (χ3n) is 4.83. The molecule has 0 saturated heterocycles. The van der Waals surface area contributed by atoms with Crippen LogP contribution in [0.3, 0.4) is 0 Å². The molecule has 3 atom stereocenters. The van der Waals surface area contributed by atoms with Crippen LogP contribution in [0.15, 0.2) is 24.3 Å². The molecule has 0 bridgehead atoms. The lowest BCUT2D eigenvalue weighted by Crippen LogP contribution is -2.35. The Hall–Kier alpha value is -1.02. The molecule has 3 unspecified atom stereocenters. The van der Waals surface area contributed by atoms with Gasteiger partial charge in [-0.1, -0.05) is 38.3 Å². The summed E-state index contributed by atoms with van der Waals surface area (Å²) in [5, 5.41) is 10.9. The van der Waals surface area contributed by atoms with Crippen molar-refractivity contribution in [2.45, 2.75) is 51.6 Å². The fraction of sp³-hybridized carbons (Fsp3) is 0.647. The lowest BCUT2D eigenvalue weighted by Gasteiger charge is -2.39. The number of ether oxygens (including phenoxy) is 1. The predicted octanol–water partition coefficient (Wildman–Crippen LogP) is 4.12. The average Bonchev–Trinajstić information content (AvgIpc) is 2.47. The van der Waals surface area contributed by atoms with Gasteiger partial charge in [0.1, 0.15) is 5.75 Å². The number of rotatable bonds is 4. The molecular formula is C17H26O2. The molecule has 1 aliphatic carbocycles. The molecule has 1 aromatic carbocycles. The molecule has 2 rings (SSSR count). The molecule has 1 fully saturated rings. The molecule has 0 spiro atoms. The fourth-order valence-electron chi connectivity index (χ4n) is 3.34. The molecule has 1 N–H and O–H groups in total. The zero-order valence-electron chi connectivity index (χ0n) is 12.4. The second-order valence-corrected chi connectivity index (χ2v) is 6.01. The molecule has 1 aliphatic rings. The molecule has 0 aromatic heterocycles. The van der Waals surface area contributed by atoms with E-state index in [1.165, 1.54) is 19.3 Å². The third kappa shape index (κ3) is 3.11. The van der Waals surface area contributed by atoms with Crippen LogP contribution in [-0.2, 0) is 5.60 Å². The SMILES string of the molecule is CCC1CCCC(C(C)(O)c2ccc(OC)cc2)C1. The smallest absolute Gasteiger partial charge is 0.118 e. The van der Waals surface area contributed by atoms with E-state index in [1.54, 1.807) is 7.11 Å². The zero-order valence-corrected chi connectivity index (χ0v) is 12.4. The molecule has 106 valence electrons. The monoisotopic (exact) mass is 262 g/mol. The van der Waals surface area contributed by atoms with Crippen LogP contribution in [0.1, 0.15) is 51.5 Å². The van der Waals surface area contributed by atoms with Gasteiger partial charge in [0.05, 0.1) is 12.7 Å². The van der Waals surface area contributed by atoms with Gasteiger partial charge in [0.15, 0.2) is 0 Å². The van der Waals surface area contributed by atoms with Crippen molar-refractivity contribution in [1.82, 2.24) is 0 Å². The minimum atomic E-state index is -0.722. The van der Waals surface area contributed by atoms with Gasteiger partial charge in [-0.25, -0.2) is 0 Å². The largest absolute Gasteiger partial charge is 0.497 e. The maximum absolute atomic E-state index is 10.9. The van der Waals surface area contributed by atoms with Crippen molar-refractivity contribution < 1.29 is 9.84 Å². The fourth-order valence-corrected chi connectivity index (χ4v) is 3.34. The molecule has 1 saturated carbocycles. The van der Waals surface area contributed by atoms with Crippen LogP contribution < -0.4 is 4.74 Å². The lowest BCUT2D eigenvalue weighted by atomic mass is 9.70. The summed E-state index contributed by atoms with van der Waals surface area (Å²) in [7, 11) is 1.67. The number of aliphatic hydroxyl groups is 1. The molecule has 2 nitrogen and oxygen atoms in total. The van der Waals surface area contributed by atoms with Gasteiger partial charge in [0.2, 0.25) is 0 Å². The van der Waals surface area contributed by atoms with Crippen LogP contribution in [-0.4, -0.2) is 12.2 Å². The van der Waals surface area contributed by atoms with Crippen molar-refractivity contribution in [3.05, 3.63) is 29.8 Å². The zero-order chi connectivity index (χ0) is 13.9. The molecule has 0 aliphatic heterocycles. The van der Waals surface area contributed by atoms with E-state index in [-0.39, 0.29) is 0 Å². The topological polar surface area (TPSA) is 29.5 Å². The number of methoxy groups -OCH3 is 1. The van der Waals surface area contributed by atoms with Gasteiger partial charge in [0, 0.05) is 0 Å². The van der Waals surface area contributed by atoms with E-state index in [2.05, 4.69) is 6.92 Å². The number of hydrogen-bond acceptors (Lipinski definition) is 2. The van der Waals surface area contributed by atoms with E-state index in [4.69, 9.17) is 4.74 Å². The average molecular weight is 262 g/mol. The van der Waals surface area contributed by atoms with Crippen molar-refractivity contribution in [2.24, 2.45) is 11.8 Å². The first-order valence-electron chi connectivity index (χ1n) is 7.44. The Morgan fingerprint density at radius 1 is 1.26 bits per heavy atom. The van der Waals surface area contributed by atoms with Crippen LogP contribution in [0.5, 0.6) is 5.75 Å². The Morgan fingerprint density at radius 2 is 1.95 bits per heavy atom. The van der Waals surface area contributed by atoms with Gasteiger partial charge in [-0.2, -0.15) is 0 Å². The first kappa shape index (κ1) is 14.4. The highest BCUT2D eigenvalue weighted by atomic mass is 16.5. The molecule has 0 amide bonds. The quantitative estimate of drug-likeness (QED) is 0.884. The van der Waals surface area contributed by atoms with Crippen molar-refractivity contribution in [2.75, 3.05) is 7.11 Å². The van der Waals surface area contributed by atoms with Gasteiger partial charge in [-0.15, -0.1) is 0 Å². The van der Waals surface area contributed by atoms with E-state index in [0.717, 1.165) is 30.1 Å². The van der Waals surface area contributed by atoms with Gasteiger partial charge in [-0.3, -0.25) is 0 Å². The number of benzene rings is 1. The van der Waals surface area contributed by atoms with E-state index < -0.39 is 5.60 Å². The normalized spacial score (nSPS) is 26.7. The van der Waals surface area contributed by atoms with E-state index in [0.29, 0.717) is 5.92 Å². The summed E-state index contributed by atoms with van der Waals surface area (Å²) in [4.78, 5) is 0. The van der Waals surface area contributed by atoms with Crippen molar-refractivity contribution in [3.8, 4) is 5.75 Å². The van der Waals surface area contributed by atoms with Gasteiger partial charge < -0.3 is 9.84 Å². The number of hydrogen-bond donors (Lipinski definition) is 1. The molecule has 1 aromatic rings. The highest BCUT2D eigenvalue weighted by molar-refractivity contribution is 5.31. The van der Waals surface area contributed by atoms with E-state index in [9.17, 15) is 5.11 Å². The second kappa shape index (κ2) is 5.96. The summed E-state index contributed by atoms with van der Waals surface area (Å²) in [6.07, 6.45) is 6.08. The van der Waals surface area contributed by atoms with E-state index in [1.807, 2.05) is 31.2 Å². The van der Waals surface area contributed by atoms with Crippen molar-refractivity contribution in [1.29, 1.82) is 0 Å². The Labute approximate surface area is 116 Å². The lowest BCUT2D eigenvalue weighted by molar-refractivity contribution is -0.0312. The van der Waals surface area contributed by atoms with Crippen LogP contribution >= 0.6 is 0 Å². The molecular weight excluding hydrogens is 236 g/mol. The predicted molar refractivity (Wildman–Crippen MR) is 78.3 cm³/mol. The van der Waals surface area contributed by atoms with Crippen LogP contribution in [0.4, 0.5) is 0 Å². The highest BCUT2D eigenvalue weighted by Gasteiger charge is 2.36. The minimum Gasteiger partial charge on any atom is -0.497 e. The third-order valence-corrected chi connectivity index (χ3v) is 4.83. The van der Waals surface area contributed by atoms with Crippen LogP contribution in [0.2, 0.25) is 0 Å². The van der Waals surface area contributed by atoms with E-state index >= 15 is 0 Å². The van der Waals surface area contributed by atoms with Crippen LogP contribution in [0.25, 0.3) is 0 Å². The van der Waals surface area contributed by atoms with Gasteiger partial charge in [-0.05, 0) is 49.3 Å². The summed E-state index contributed by atoms with van der Waals surface area (Å²) in [6, 6.07) is 7.86. The Bertz CT molecular complexity index is 394. The standard InChI is InChI=1S/C17H26O2/c1-4-13-6-5-7-15(12-13)17(2,18)14-8-10-16(19-3)11-9-14/h8-11,13,15,18H,4-7,12H2,1-3H3. The van der Waals surface area contributed by atoms with Crippen LogP contribution in [0, 0.1) is 11.8 Å². The summed E-state index contributed by atoms with van der Waals surface area (Å²) >= 11 is 0. The maximum atomic E-state index is 10.9. The van der Waals surface area contributed by atoms with Gasteiger partial charge >= 0.3 is 0 Å². The summed E-state index contributed by atoms with van der Waals surface area (Å²) in [5.74, 6) is 2.00. The highest BCUT2D eigenvalue weighted by Crippen LogP contribution is 2.42. The summed E-state index contributed by atoms with van der Waals surface area (Å²) in [5.41, 5.74) is 0.287. The minimum absolute atomic E-state index is 0.375. The molecule has 19 heavy (non-hydrogen) atoms. The Morgan fingerprint density at radius 3 is 2.53 bits per heavy atom. The Kier molecular flexibility index (Phi) is 4.51. The first-order chi connectivity index (χ1) is 9.07. The van der Waals surface area contributed by atoms with Gasteiger partial charge in [0.25, 0.3) is 0 Å². The molecule has 2 heteroatoms. The second-order valence-electron chi connectivity index (χ2n) is 6.01. The summed E-state index contributed by atoms with van der Waals surface area (Å²) in [6.45, 7) is 4.23. The van der Waals surface area contributed by atoms with Crippen molar-refractivity contribution in [3.63, 3.8) is 0 Å². The molecule has 0 heterocycles. The van der Waals surface area contributed by atoms with Crippen molar-refractivity contribution >= 4 is 0 Å².